The lowest BCUT2D eigenvalue weighted by Crippen LogP contribution is -2.40. The lowest BCUT2D eigenvalue weighted by atomic mass is 10.0. The summed E-state index contributed by atoms with van der Waals surface area (Å²) < 4.78 is 16.9. The highest BCUT2D eigenvalue weighted by Crippen LogP contribution is 2.41. The number of likely N-dealkylation sites (tertiary alicyclic amines) is 1. The highest BCUT2D eigenvalue weighted by atomic mass is 35.5. The molecule has 3 amide bonds. The molecule has 1 fully saturated rings. The third-order valence-corrected chi connectivity index (χ3v) is 10.2. The smallest absolute Gasteiger partial charge is 0.411 e. The Morgan fingerprint density at radius 3 is 2.59 bits per heavy atom. The van der Waals surface area contributed by atoms with Crippen LogP contribution in [0.25, 0.3) is 11.1 Å². The normalized spacial score (nSPS) is 14.9. The van der Waals surface area contributed by atoms with Crippen molar-refractivity contribution >= 4 is 40.9 Å². The predicted octanol–water partition coefficient (Wildman–Crippen LogP) is 6.03. The van der Waals surface area contributed by atoms with Gasteiger partial charge in [0.1, 0.15) is 23.3 Å². The van der Waals surface area contributed by atoms with Crippen LogP contribution >= 0.6 is 11.6 Å². The van der Waals surface area contributed by atoms with E-state index >= 15 is 0 Å². The Hall–Kier alpha value is -5.34. The molecular formula is C42H48ClN5O8. The van der Waals surface area contributed by atoms with E-state index in [0.29, 0.717) is 73.8 Å². The zero-order valence-corrected chi connectivity index (χ0v) is 32.1. The maximum atomic E-state index is 12.7. The molecule has 6 rings (SSSR count). The van der Waals surface area contributed by atoms with Gasteiger partial charge < -0.3 is 45.3 Å². The van der Waals surface area contributed by atoms with Crippen molar-refractivity contribution in [1.82, 2.24) is 15.5 Å². The Labute approximate surface area is 331 Å². The SMILES string of the molecule is COc1cc(CCCNC(=O)CCN2CCC(OC(=O)Nc3ccccc3-c3ccccc3)CC2)c(Cl)cc1CNC[C@H](O)c1ccc(O)c2c1OCC(=O)N2. The van der Waals surface area contributed by atoms with Crippen LogP contribution in [-0.4, -0.2) is 85.6 Å². The van der Waals surface area contributed by atoms with E-state index in [1.54, 1.807) is 13.2 Å². The zero-order valence-electron chi connectivity index (χ0n) is 31.3. The Kier molecular flexibility index (Phi) is 14.0. The number of aliphatic hydroxyl groups excluding tert-OH is 1. The molecule has 2 heterocycles. The van der Waals surface area contributed by atoms with E-state index < -0.39 is 12.2 Å². The van der Waals surface area contributed by atoms with E-state index in [1.165, 1.54) is 6.07 Å². The summed E-state index contributed by atoms with van der Waals surface area (Å²) in [7, 11) is 1.58. The van der Waals surface area contributed by atoms with Crippen molar-refractivity contribution in [1.29, 1.82) is 0 Å². The number of aliphatic hydroxyl groups is 1. The number of ether oxygens (including phenoxy) is 3. The first-order chi connectivity index (χ1) is 27.2. The van der Waals surface area contributed by atoms with Crippen LogP contribution in [-0.2, 0) is 27.3 Å². The largest absolute Gasteiger partial charge is 0.506 e. The summed E-state index contributed by atoms with van der Waals surface area (Å²) in [6.07, 6.45) is 1.50. The van der Waals surface area contributed by atoms with Gasteiger partial charge in [0.15, 0.2) is 12.4 Å². The molecule has 0 aromatic heterocycles. The first-order valence-corrected chi connectivity index (χ1v) is 19.2. The minimum atomic E-state index is -0.975. The number of phenolic OH excluding ortho intramolecular Hbond substituents is 1. The average Bonchev–Trinajstić information content (AvgIpc) is 3.20. The van der Waals surface area contributed by atoms with E-state index in [2.05, 4.69) is 26.2 Å². The number of methoxy groups -OCH3 is 1. The Bertz CT molecular complexity index is 1990. The fourth-order valence-corrected chi connectivity index (χ4v) is 7.19. The second kappa shape index (κ2) is 19.5. The lowest BCUT2D eigenvalue weighted by molar-refractivity contribution is -0.121. The second-order valence-electron chi connectivity index (χ2n) is 13.8. The van der Waals surface area contributed by atoms with Gasteiger partial charge in [-0.25, -0.2) is 4.79 Å². The van der Waals surface area contributed by atoms with Gasteiger partial charge in [-0.05, 0) is 67.1 Å². The Balaban J connectivity index is 0.870. The number of benzene rings is 4. The third-order valence-electron chi connectivity index (χ3n) is 9.90. The first kappa shape index (κ1) is 40.3. The van der Waals surface area contributed by atoms with Crippen LogP contribution < -0.4 is 30.7 Å². The minimum absolute atomic E-state index is 0.0174. The number of para-hydroxylation sites is 1. The number of carbonyl (C=O) groups is 3. The second-order valence-corrected chi connectivity index (χ2v) is 14.2. The lowest BCUT2D eigenvalue weighted by Gasteiger charge is -2.31. The number of anilines is 2. The van der Waals surface area contributed by atoms with Crippen LogP contribution in [0.3, 0.4) is 0 Å². The monoisotopic (exact) mass is 785 g/mol. The van der Waals surface area contributed by atoms with Gasteiger partial charge in [0, 0.05) is 67.4 Å². The van der Waals surface area contributed by atoms with Crippen molar-refractivity contribution < 1.29 is 38.8 Å². The number of nitrogens with one attached hydrogen (secondary N) is 4. The molecule has 0 saturated carbocycles. The van der Waals surface area contributed by atoms with Crippen LogP contribution in [0.5, 0.6) is 17.2 Å². The molecule has 6 N–H and O–H groups in total. The van der Waals surface area contributed by atoms with Gasteiger partial charge in [-0.2, -0.15) is 0 Å². The van der Waals surface area contributed by atoms with E-state index in [9.17, 15) is 24.6 Å². The molecule has 0 aliphatic carbocycles. The van der Waals surface area contributed by atoms with Gasteiger partial charge >= 0.3 is 6.09 Å². The van der Waals surface area contributed by atoms with Gasteiger partial charge in [0.2, 0.25) is 5.91 Å². The minimum Gasteiger partial charge on any atom is -0.506 e. The molecule has 2 aliphatic rings. The van der Waals surface area contributed by atoms with E-state index in [1.807, 2.05) is 66.7 Å². The zero-order chi connectivity index (χ0) is 39.4. The number of rotatable bonds is 16. The number of nitrogens with zero attached hydrogens (tertiary/aromatic N) is 1. The molecule has 14 heteroatoms. The number of halogens is 1. The van der Waals surface area contributed by atoms with Crippen LogP contribution in [0.2, 0.25) is 5.02 Å². The number of carbonyl (C=O) groups excluding carboxylic acids is 3. The molecule has 0 radical (unpaired) electrons. The fraction of sp³-hybridized carbons (Fsp3) is 0.357. The highest BCUT2D eigenvalue weighted by Gasteiger charge is 2.26. The highest BCUT2D eigenvalue weighted by molar-refractivity contribution is 6.31. The number of phenols is 1. The van der Waals surface area contributed by atoms with Crippen molar-refractivity contribution in [3.05, 3.63) is 101 Å². The molecule has 0 unspecified atom stereocenters. The Morgan fingerprint density at radius 1 is 1.04 bits per heavy atom. The van der Waals surface area contributed by atoms with Crippen LogP contribution in [0.1, 0.15) is 48.5 Å². The van der Waals surface area contributed by atoms with Gasteiger partial charge in [0.25, 0.3) is 5.91 Å². The average molecular weight is 786 g/mol. The van der Waals surface area contributed by atoms with Crippen LogP contribution in [0.4, 0.5) is 16.2 Å². The molecule has 56 heavy (non-hydrogen) atoms. The van der Waals surface area contributed by atoms with Crippen molar-refractivity contribution in [2.24, 2.45) is 0 Å². The molecule has 2 aliphatic heterocycles. The molecule has 1 atom stereocenters. The number of fused-ring (bicyclic) bond motifs is 1. The number of amides is 3. The molecular weight excluding hydrogens is 738 g/mol. The molecule has 4 aromatic carbocycles. The molecule has 4 aromatic rings. The number of hydrogen-bond acceptors (Lipinski definition) is 10. The summed E-state index contributed by atoms with van der Waals surface area (Å²) in [6.45, 7) is 2.94. The summed E-state index contributed by atoms with van der Waals surface area (Å²) in [5, 5.41) is 33.2. The maximum Gasteiger partial charge on any atom is 0.411 e. The summed E-state index contributed by atoms with van der Waals surface area (Å²) in [5.41, 5.74) is 4.93. The van der Waals surface area contributed by atoms with Gasteiger partial charge in [-0.3, -0.25) is 14.9 Å². The molecule has 13 nitrogen and oxygen atoms in total. The summed E-state index contributed by atoms with van der Waals surface area (Å²) in [5.74, 6) is 0.350. The number of piperidine rings is 1. The van der Waals surface area contributed by atoms with Gasteiger partial charge in [0.05, 0.1) is 18.9 Å². The fourth-order valence-electron chi connectivity index (χ4n) is 6.91. The standard InChI is InChI=1S/C42H48ClN5O8/c1-54-37-23-28(33(43)22-29(37)24-44-25-36(50)32-13-14-35(49)40-41(32)55-26-39(52)47-40)10-7-18-45-38(51)17-21-48-19-15-30(16-20-48)56-42(53)46-34-12-6-5-11-31(34)27-8-3-2-4-9-27/h2-6,8-9,11-14,22-23,30,36,44,49-50H,7,10,15-21,24-26H2,1H3,(H,45,51)(H,46,53)(H,47,52)/t36-/m0/s1. The molecule has 0 spiro atoms. The summed E-state index contributed by atoms with van der Waals surface area (Å²) in [4.78, 5) is 39.3. The quantitative estimate of drug-likeness (QED) is 0.0583. The molecule has 1 saturated heterocycles. The van der Waals surface area contributed by atoms with Gasteiger partial charge in [-0.1, -0.05) is 60.1 Å². The van der Waals surface area contributed by atoms with Crippen LogP contribution in [0.15, 0.2) is 78.9 Å². The number of hydrogen-bond donors (Lipinski definition) is 6. The van der Waals surface area contributed by atoms with Crippen molar-refractivity contribution in [2.45, 2.75) is 50.9 Å². The van der Waals surface area contributed by atoms with Crippen LogP contribution in [0, 0.1) is 0 Å². The van der Waals surface area contributed by atoms with Crippen molar-refractivity contribution in [2.75, 3.05) is 57.1 Å². The van der Waals surface area contributed by atoms with E-state index in [4.69, 9.17) is 25.8 Å². The van der Waals surface area contributed by atoms with E-state index in [0.717, 1.165) is 35.3 Å². The van der Waals surface area contributed by atoms with Gasteiger partial charge in [-0.15, -0.1) is 0 Å². The van der Waals surface area contributed by atoms with Crippen molar-refractivity contribution in [3.63, 3.8) is 0 Å². The van der Waals surface area contributed by atoms with E-state index in [-0.39, 0.29) is 48.3 Å². The number of aromatic hydroxyl groups is 1. The Morgan fingerprint density at radius 2 is 1.80 bits per heavy atom. The first-order valence-electron chi connectivity index (χ1n) is 18.8. The maximum absolute atomic E-state index is 12.7. The topological polar surface area (TPSA) is 171 Å². The van der Waals surface area contributed by atoms with Crippen molar-refractivity contribution in [3.8, 4) is 28.4 Å². The summed E-state index contributed by atoms with van der Waals surface area (Å²) >= 11 is 6.65. The molecule has 296 valence electrons. The molecule has 0 bridgehead atoms. The predicted molar refractivity (Wildman–Crippen MR) is 214 cm³/mol. The third kappa shape index (κ3) is 10.7. The number of aryl methyl sites for hydroxylation is 1. The summed E-state index contributed by atoms with van der Waals surface area (Å²) in [6, 6.07) is 24.2.